The van der Waals surface area contributed by atoms with Crippen molar-refractivity contribution in [3.8, 4) is 5.75 Å². The van der Waals surface area contributed by atoms with E-state index < -0.39 is 37.8 Å². The summed E-state index contributed by atoms with van der Waals surface area (Å²) in [5.41, 5.74) is 2.14. The van der Waals surface area contributed by atoms with Gasteiger partial charge in [-0.1, -0.05) is 35.5 Å². The van der Waals surface area contributed by atoms with Gasteiger partial charge in [0.25, 0.3) is 5.91 Å². The van der Waals surface area contributed by atoms with Crippen molar-refractivity contribution >= 4 is 36.6 Å². The summed E-state index contributed by atoms with van der Waals surface area (Å²) in [7, 11) is -2.30. The Bertz CT molecular complexity index is 1560. The molecular formula is C25H26N5O9P. The van der Waals surface area contributed by atoms with E-state index >= 15 is 0 Å². The summed E-state index contributed by atoms with van der Waals surface area (Å²) in [6, 6.07) is 11.2. The van der Waals surface area contributed by atoms with Crippen LogP contribution in [0, 0.1) is 0 Å². The molecule has 2 atom stereocenters. The van der Waals surface area contributed by atoms with Gasteiger partial charge in [-0.2, -0.15) is 0 Å². The average molecular weight is 571 g/mol. The number of phosphoric ester groups is 1. The Morgan fingerprint density at radius 3 is 2.40 bits per heavy atom. The maximum Gasteiger partial charge on any atom is 0.524 e. The molecule has 4 rings (SSSR count). The molecule has 0 aliphatic heterocycles. The number of carbonyl (C=O) groups excluding carboxylic acids is 3. The van der Waals surface area contributed by atoms with Crippen molar-refractivity contribution in [3.05, 3.63) is 77.7 Å². The molecule has 14 nitrogen and oxygen atoms in total. The van der Waals surface area contributed by atoms with Gasteiger partial charge in [-0.3, -0.25) is 14.6 Å². The lowest BCUT2D eigenvalue weighted by Gasteiger charge is -2.16. The maximum absolute atomic E-state index is 13.0. The highest BCUT2D eigenvalue weighted by Gasteiger charge is 2.28. The van der Waals surface area contributed by atoms with Crippen LogP contribution in [0.5, 0.6) is 5.75 Å². The van der Waals surface area contributed by atoms with E-state index in [2.05, 4.69) is 25.1 Å². The number of carbonyl (C=O) groups is 3. The van der Waals surface area contributed by atoms with Gasteiger partial charge >= 0.3 is 19.8 Å². The summed E-state index contributed by atoms with van der Waals surface area (Å²) < 4.78 is 26.5. The largest absolute Gasteiger partial charge is 0.524 e. The fourth-order valence-corrected chi connectivity index (χ4v) is 4.49. The number of nitrogens with zero attached hydrogens (tertiary/aromatic N) is 3. The van der Waals surface area contributed by atoms with Crippen LogP contribution in [-0.4, -0.2) is 67.9 Å². The molecule has 4 aromatic rings. The zero-order chi connectivity index (χ0) is 28.9. The Balaban J connectivity index is 1.49. The minimum atomic E-state index is -4.72. The molecule has 0 saturated carbocycles. The minimum absolute atomic E-state index is 0.00586. The number of rotatable bonds is 11. The van der Waals surface area contributed by atoms with Crippen molar-refractivity contribution in [2.75, 3.05) is 14.2 Å². The first-order chi connectivity index (χ1) is 19.1. The number of para-hydroxylation sites is 1. The van der Waals surface area contributed by atoms with Crippen LogP contribution in [0.2, 0.25) is 0 Å². The van der Waals surface area contributed by atoms with Gasteiger partial charge in [0.05, 0.1) is 20.4 Å². The monoisotopic (exact) mass is 571 g/mol. The maximum atomic E-state index is 13.0. The van der Waals surface area contributed by atoms with Gasteiger partial charge in [-0.05, 0) is 29.3 Å². The molecule has 0 bridgehead atoms. The predicted octanol–water partition coefficient (Wildman–Crippen LogP) is 1.70. The summed E-state index contributed by atoms with van der Waals surface area (Å²) in [5.74, 6) is -2.12. The molecule has 0 radical (unpaired) electrons. The number of fused-ring (bicyclic) bond motifs is 1. The molecule has 0 saturated heterocycles. The third kappa shape index (κ3) is 6.91. The molecule has 0 aliphatic rings. The fourth-order valence-electron chi connectivity index (χ4n) is 4.09. The molecule has 15 heteroatoms. The van der Waals surface area contributed by atoms with E-state index in [0.717, 1.165) is 16.5 Å². The van der Waals surface area contributed by atoms with Gasteiger partial charge in [0.1, 0.15) is 11.8 Å². The van der Waals surface area contributed by atoms with E-state index in [1.807, 2.05) is 24.3 Å². The number of hydrogen-bond donors (Lipinski definition) is 4. The van der Waals surface area contributed by atoms with Gasteiger partial charge in [0, 0.05) is 29.9 Å². The molecule has 210 valence electrons. The molecule has 0 unspecified atom stereocenters. The van der Waals surface area contributed by atoms with E-state index in [0.29, 0.717) is 5.56 Å². The molecule has 0 spiro atoms. The van der Waals surface area contributed by atoms with Gasteiger partial charge in [-0.25, -0.2) is 18.8 Å². The Kier molecular flexibility index (Phi) is 8.63. The van der Waals surface area contributed by atoms with Crippen molar-refractivity contribution in [1.29, 1.82) is 0 Å². The van der Waals surface area contributed by atoms with E-state index in [1.165, 1.54) is 49.4 Å². The smallest absolute Gasteiger partial charge is 0.467 e. The number of esters is 2. The molecule has 40 heavy (non-hydrogen) atoms. The second-order valence-electron chi connectivity index (χ2n) is 8.67. The third-order valence-electron chi connectivity index (χ3n) is 6.00. The van der Waals surface area contributed by atoms with Gasteiger partial charge in [-0.15, -0.1) is 5.10 Å². The lowest BCUT2D eigenvalue weighted by atomic mass is 10.1. The summed E-state index contributed by atoms with van der Waals surface area (Å²) in [6.45, 7) is 0. The second-order valence-corrected chi connectivity index (χ2v) is 9.83. The second kappa shape index (κ2) is 12.1. The summed E-state index contributed by atoms with van der Waals surface area (Å²) in [4.78, 5) is 59.0. The van der Waals surface area contributed by atoms with E-state index in [-0.39, 0.29) is 24.3 Å². The van der Waals surface area contributed by atoms with Gasteiger partial charge in [0.15, 0.2) is 11.7 Å². The van der Waals surface area contributed by atoms with Gasteiger partial charge < -0.3 is 24.3 Å². The average Bonchev–Trinajstić information content (AvgIpc) is 3.58. The van der Waals surface area contributed by atoms with Crippen molar-refractivity contribution in [2.45, 2.75) is 24.9 Å². The molecule has 0 aliphatic carbocycles. The quantitative estimate of drug-likeness (QED) is 0.151. The minimum Gasteiger partial charge on any atom is -0.467 e. The number of ether oxygens (including phenoxy) is 2. The number of phosphoric acid groups is 1. The molecule has 2 aromatic carbocycles. The zero-order valence-corrected chi connectivity index (χ0v) is 22.3. The number of benzene rings is 2. The highest BCUT2D eigenvalue weighted by molar-refractivity contribution is 7.46. The number of hydrogen-bond acceptors (Lipinski definition) is 9. The molecule has 0 fully saturated rings. The van der Waals surface area contributed by atoms with Crippen LogP contribution in [-0.2, 0) is 36.5 Å². The molecule has 2 heterocycles. The topological polar surface area (TPSA) is 195 Å². The molecule has 1 amide bonds. The van der Waals surface area contributed by atoms with Crippen LogP contribution in [0.4, 0.5) is 0 Å². The van der Waals surface area contributed by atoms with Crippen LogP contribution in [0.25, 0.3) is 10.9 Å². The molecule has 4 N–H and O–H groups in total. The Hall–Kier alpha value is -4.52. The number of amides is 1. The fraction of sp³-hybridized carbons (Fsp3) is 0.240. The highest BCUT2D eigenvalue weighted by Crippen LogP contribution is 2.37. The van der Waals surface area contributed by atoms with Crippen molar-refractivity contribution in [2.24, 2.45) is 0 Å². The standard InChI is InChI=1S/C25H26N5O9P/c1-37-24(32)20(11-15-7-9-17(10-8-15)39-40(34,35)36)27-23(31)21-14-30(29-28-21)22(25(33)38-2)12-16-13-26-19-6-4-3-5-18(16)19/h3-10,13-14,20,22,26H,11-12H2,1-2H3,(H,27,31)(H2,34,35,36)/t20-,22+/m0/s1. The van der Waals surface area contributed by atoms with Crippen LogP contribution in [0.3, 0.4) is 0 Å². The lowest BCUT2D eigenvalue weighted by molar-refractivity contribution is -0.145. The highest BCUT2D eigenvalue weighted by atomic mass is 31.2. The Morgan fingerprint density at radius 2 is 1.73 bits per heavy atom. The van der Waals surface area contributed by atoms with Crippen LogP contribution in [0.15, 0.2) is 60.9 Å². The first-order valence-electron chi connectivity index (χ1n) is 11.9. The SMILES string of the molecule is COC(=O)[C@H](Cc1ccc(OP(=O)(O)O)cc1)NC(=O)c1cn([C@H](Cc2c[nH]c3ccccc23)C(=O)OC)nn1. The Labute approximate surface area is 227 Å². The van der Waals surface area contributed by atoms with Crippen molar-refractivity contribution in [1.82, 2.24) is 25.3 Å². The van der Waals surface area contributed by atoms with E-state index in [1.54, 1.807) is 6.20 Å². The first-order valence-corrected chi connectivity index (χ1v) is 13.4. The zero-order valence-electron chi connectivity index (χ0n) is 21.4. The van der Waals surface area contributed by atoms with Crippen molar-refractivity contribution in [3.63, 3.8) is 0 Å². The van der Waals surface area contributed by atoms with Crippen LogP contribution < -0.4 is 9.84 Å². The Morgan fingerprint density at radius 1 is 1.02 bits per heavy atom. The molecular weight excluding hydrogens is 545 g/mol. The number of aromatic amines is 1. The van der Waals surface area contributed by atoms with Crippen molar-refractivity contribution < 1.29 is 42.7 Å². The number of aromatic nitrogens is 4. The summed E-state index contributed by atoms with van der Waals surface area (Å²) in [5, 5.41) is 11.3. The third-order valence-corrected chi connectivity index (χ3v) is 6.45. The molecule has 2 aromatic heterocycles. The number of methoxy groups -OCH3 is 2. The van der Waals surface area contributed by atoms with E-state index in [9.17, 15) is 18.9 Å². The van der Waals surface area contributed by atoms with Crippen LogP contribution >= 0.6 is 7.82 Å². The summed E-state index contributed by atoms with van der Waals surface area (Å²) >= 11 is 0. The van der Waals surface area contributed by atoms with Crippen LogP contribution in [0.1, 0.15) is 27.7 Å². The number of nitrogens with one attached hydrogen (secondary N) is 2. The lowest BCUT2D eigenvalue weighted by Crippen LogP contribution is -2.43. The summed E-state index contributed by atoms with van der Waals surface area (Å²) in [6.07, 6.45) is 3.28. The van der Waals surface area contributed by atoms with E-state index in [4.69, 9.17) is 19.3 Å². The first kappa shape index (κ1) is 28.5. The predicted molar refractivity (Wildman–Crippen MR) is 139 cm³/mol. The van der Waals surface area contributed by atoms with Gasteiger partial charge in [0.2, 0.25) is 0 Å². The number of H-pyrrole nitrogens is 1. The normalized spacial score (nSPS) is 12.9.